The first-order valence-electron chi connectivity index (χ1n) is 9.84. The van der Waals surface area contributed by atoms with Gasteiger partial charge in [0.25, 0.3) is 0 Å². The molecule has 0 amide bonds. The standard InChI is InChI=1S/C21H27F3IN3O2/c1-13-14(2)28(26-19(13)21(22,23)24)12-18(29)20(3)7-9-27(10-8-20)15-5-6-16(25)17(11-15)30-4/h5-6,11,18,29H,7-10,12H2,1-4H3. The van der Waals surface area contributed by atoms with Crippen LogP contribution < -0.4 is 9.64 Å². The molecular formula is C21H27F3IN3O2. The van der Waals surface area contributed by atoms with Gasteiger partial charge in [0.05, 0.1) is 23.3 Å². The molecule has 2 heterocycles. The molecule has 0 radical (unpaired) electrons. The minimum Gasteiger partial charge on any atom is -0.496 e. The Balaban J connectivity index is 1.69. The van der Waals surface area contributed by atoms with Gasteiger partial charge in [0.1, 0.15) is 5.75 Å². The van der Waals surface area contributed by atoms with Crippen LogP contribution in [0.5, 0.6) is 5.75 Å². The second-order valence-corrected chi connectivity index (χ2v) is 9.38. The fraction of sp³-hybridized carbons (Fsp3) is 0.571. The third-order valence-electron chi connectivity index (χ3n) is 6.33. The third kappa shape index (κ3) is 4.56. The molecule has 1 aromatic heterocycles. The van der Waals surface area contributed by atoms with Gasteiger partial charge in [0.15, 0.2) is 5.69 Å². The Morgan fingerprint density at radius 1 is 1.27 bits per heavy atom. The Morgan fingerprint density at radius 3 is 2.43 bits per heavy atom. The smallest absolute Gasteiger partial charge is 0.435 e. The fourth-order valence-corrected chi connectivity index (χ4v) is 4.48. The minimum atomic E-state index is -4.49. The Morgan fingerprint density at radius 2 is 1.90 bits per heavy atom. The lowest BCUT2D eigenvalue weighted by Crippen LogP contribution is -2.46. The van der Waals surface area contributed by atoms with Crippen LogP contribution in [-0.2, 0) is 12.7 Å². The van der Waals surface area contributed by atoms with Crippen LogP contribution in [-0.4, -0.2) is 41.2 Å². The van der Waals surface area contributed by atoms with Gasteiger partial charge in [-0.2, -0.15) is 18.3 Å². The molecule has 0 spiro atoms. The number of nitrogens with zero attached hydrogens (tertiary/aromatic N) is 3. The number of ether oxygens (including phenoxy) is 1. The Hall–Kier alpha value is -1.49. The molecule has 0 bridgehead atoms. The quantitative estimate of drug-likeness (QED) is 0.557. The maximum atomic E-state index is 13.1. The number of hydrogen-bond donors (Lipinski definition) is 1. The predicted octanol–water partition coefficient (Wildman–Crippen LogP) is 4.80. The lowest BCUT2D eigenvalue weighted by atomic mass is 9.75. The summed E-state index contributed by atoms with van der Waals surface area (Å²) >= 11 is 2.23. The molecule has 1 aliphatic heterocycles. The first kappa shape index (κ1) is 23.2. The molecular weight excluding hydrogens is 510 g/mol. The molecule has 0 aliphatic carbocycles. The second kappa shape index (κ2) is 8.57. The van der Waals surface area contributed by atoms with Crippen LogP contribution in [0.3, 0.4) is 0 Å². The van der Waals surface area contributed by atoms with Gasteiger partial charge in [-0.25, -0.2) is 0 Å². The summed E-state index contributed by atoms with van der Waals surface area (Å²) in [6, 6.07) is 6.08. The number of halogens is 4. The van der Waals surface area contributed by atoms with E-state index in [1.165, 1.54) is 11.6 Å². The number of rotatable bonds is 5. The van der Waals surface area contributed by atoms with Gasteiger partial charge in [0, 0.05) is 36.1 Å². The maximum Gasteiger partial charge on any atom is 0.435 e. The molecule has 166 valence electrons. The van der Waals surface area contributed by atoms with Gasteiger partial charge in [-0.15, -0.1) is 0 Å². The first-order valence-corrected chi connectivity index (χ1v) is 10.9. The molecule has 1 unspecified atom stereocenters. The van der Waals surface area contributed by atoms with E-state index < -0.39 is 23.4 Å². The summed E-state index contributed by atoms with van der Waals surface area (Å²) in [5.41, 5.74) is 0.349. The Bertz CT molecular complexity index is 906. The van der Waals surface area contributed by atoms with Crippen LogP contribution >= 0.6 is 22.6 Å². The van der Waals surface area contributed by atoms with Gasteiger partial charge in [-0.1, -0.05) is 6.92 Å². The molecule has 1 saturated heterocycles. The second-order valence-electron chi connectivity index (χ2n) is 8.21. The van der Waals surface area contributed by atoms with Crippen LogP contribution in [0, 0.1) is 22.8 Å². The van der Waals surface area contributed by atoms with Crippen LogP contribution in [0.2, 0.25) is 0 Å². The number of aliphatic hydroxyl groups is 1. The largest absolute Gasteiger partial charge is 0.496 e. The highest BCUT2D eigenvalue weighted by Gasteiger charge is 2.40. The van der Waals surface area contributed by atoms with E-state index in [0.29, 0.717) is 5.69 Å². The summed E-state index contributed by atoms with van der Waals surface area (Å²) in [7, 11) is 1.65. The van der Waals surface area contributed by atoms with Crippen molar-refractivity contribution < 1.29 is 23.0 Å². The van der Waals surface area contributed by atoms with Crippen molar-refractivity contribution in [3.05, 3.63) is 38.7 Å². The van der Waals surface area contributed by atoms with E-state index in [1.807, 2.05) is 19.1 Å². The summed E-state index contributed by atoms with van der Waals surface area (Å²) in [5, 5.41) is 14.7. The van der Waals surface area contributed by atoms with E-state index in [2.05, 4.69) is 38.7 Å². The fourth-order valence-electron chi connectivity index (χ4n) is 3.92. The zero-order chi connectivity index (χ0) is 22.3. The van der Waals surface area contributed by atoms with Crippen molar-refractivity contribution in [2.45, 2.75) is 52.4 Å². The molecule has 5 nitrogen and oxygen atoms in total. The van der Waals surface area contributed by atoms with E-state index in [0.717, 1.165) is 40.9 Å². The predicted molar refractivity (Wildman–Crippen MR) is 118 cm³/mol. The molecule has 1 fully saturated rings. The SMILES string of the molecule is COc1cc(N2CCC(C)(C(O)Cn3nc(C(F)(F)F)c(C)c3C)CC2)ccc1I. The van der Waals surface area contributed by atoms with E-state index >= 15 is 0 Å². The van der Waals surface area contributed by atoms with Gasteiger partial charge in [0.2, 0.25) is 0 Å². The van der Waals surface area contributed by atoms with E-state index in [9.17, 15) is 18.3 Å². The summed E-state index contributed by atoms with van der Waals surface area (Å²) in [5.74, 6) is 0.825. The monoisotopic (exact) mass is 537 g/mol. The molecule has 30 heavy (non-hydrogen) atoms. The normalized spacial score (nSPS) is 17.8. The number of aliphatic hydroxyl groups excluding tert-OH is 1. The summed E-state index contributed by atoms with van der Waals surface area (Å²) < 4.78 is 47.2. The highest BCUT2D eigenvalue weighted by Crippen LogP contribution is 2.38. The number of piperidine rings is 1. The van der Waals surface area contributed by atoms with Crippen molar-refractivity contribution in [2.24, 2.45) is 5.41 Å². The lowest BCUT2D eigenvalue weighted by molar-refractivity contribution is -0.142. The Labute approximate surface area is 188 Å². The van der Waals surface area contributed by atoms with Gasteiger partial charge < -0.3 is 14.7 Å². The zero-order valence-corrected chi connectivity index (χ0v) is 19.7. The average molecular weight is 537 g/mol. The van der Waals surface area contributed by atoms with Crippen molar-refractivity contribution in [3.63, 3.8) is 0 Å². The molecule has 1 atom stereocenters. The van der Waals surface area contributed by atoms with Crippen molar-refractivity contribution >= 4 is 28.3 Å². The molecule has 3 rings (SSSR count). The van der Waals surface area contributed by atoms with Gasteiger partial charge >= 0.3 is 6.18 Å². The van der Waals surface area contributed by atoms with Crippen molar-refractivity contribution in [3.8, 4) is 5.75 Å². The Kier molecular flexibility index (Phi) is 6.62. The highest BCUT2D eigenvalue weighted by molar-refractivity contribution is 14.1. The number of alkyl halides is 3. The number of hydrogen-bond acceptors (Lipinski definition) is 4. The van der Waals surface area contributed by atoms with E-state index in [1.54, 1.807) is 14.0 Å². The molecule has 9 heteroatoms. The molecule has 2 aromatic rings. The average Bonchev–Trinajstić information content (AvgIpc) is 2.98. The van der Waals surface area contributed by atoms with Gasteiger partial charge in [-0.3, -0.25) is 4.68 Å². The number of benzene rings is 1. The topological polar surface area (TPSA) is 50.5 Å². The zero-order valence-electron chi connectivity index (χ0n) is 17.6. The third-order valence-corrected chi connectivity index (χ3v) is 7.22. The number of methoxy groups -OCH3 is 1. The van der Waals surface area contributed by atoms with Crippen LogP contribution in [0.15, 0.2) is 18.2 Å². The molecule has 1 aromatic carbocycles. The summed E-state index contributed by atoms with van der Waals surface area (Å²) in [4.78, 5) is 2.25. The molecule has 1 aliphatic rings. The molecule has 0 saturated carbocycles. The van der Waals surface area contributed by atoms with Crippen molar-refractivity contribution in [1.82, 2.24) is 9.78 Å². The lowest BCUT2D eigenvalue weighted by Gasteiger charge is -2.43. The van der Waals surface area contributed by atoms with E-state index in [-0.39, 0.29) is 12.1 Å². The summed E-state index contributed by atoms with van der Waals surface area (Å²) in [6.07, 6.45) is -3.82. The molecule has 1 N–H and O–H groups in total. The maximum absolute atomic E-state index is 13.1. The van der Waals surface area contributed by atoms with Gasteiger partial charge in [-0.05, 0) is 66.8 Å². The van der Waals surface area contributed by atoms with Crippen molar-refractivity contribution in [2.75, 3.05) is 25.1 Å². The number of aromatic nitrogens is 2. The number of anilines is 1. The van der Waals surface area contributed by atoms with Crippen LogP contribution in [0.4, 0.5) is 18.9 Å². The summed E-state index contributed by atoms with van der Waals surface area (Å²) in [6.45, 7) is 6.59. The van der Waals surface area contributed by atoms with E-state index in [4.69, 9.17) is 4.74 Å². The van der Waals surface area contributed by atoms with Crippen molar-refractivity contribution in [1.29, 1.82) is 0 Å². The first-order chi connectivity index (χ1) is 14.0. The van der Waals surface area contributed by atoms with Crippen LogP contribution in [0.25, 0.3) is 0 Å². The minimum absolute atomic E-state index is 0.0522. The highest BCUT2D eigenvalue weighted by atomic mass is 127. The van der Waals surface area contributed by atoms with Crippen LogP contribution in [0.1, 0.15) is 36.7 Å².